The monoisotopic (exact) mass is 528 g/mol. The molecule has 3 aromatic carbocycles. The number of likely N-dealkylation sites (tertiary alicyclic amines) is 1. The quantitative estimate of drug-likeness (QED) is 0.388. The molecular formula is C32H36N2O5. The van der Waals surface area contributed by atoms with Gasteiger partial charge in [-0.3, -0.25) is 9.59 Å². The van der Waals surface area contributed by atoms with Crippen LogP contribution in [0.5, 0.6) is 5.75 Å². The molecule has 0 aromatic heterocycles. The van der Waals surface area contributed by atoms with E-state index in [2.05, 4.69) is 24.3 Å². The third-order valence-electron chi connectivity index (χ3n) is 7.85. The van der Waals surface area contributed by atoms with Gasteiger partial charge in [-0.1, -0.05) is 74.5 Å². The highest BCUT2D eigenvalue weighted by Crippen LogP contribution is 2.28. The zero-order valence-corrected chi connectivity index (χ0v) is 22.6. The Morgan fingerprint density at radius 2 is 1.64 bits per heavy atom. The lowest BCUT2D eigenvalue weighted by Crippen LogP contribution is -2.47. The molecule has 0 radical (unpaired) electrons. The summed E-state index contributed by atoms with van der Waals surface area (Å²) < 4.78 is 11.5. The first-order valence-corrected chi connectivity index (χ1v) is 13.9. The summed E-state index contributed by atoms with van der Waals surface area (Å²) >= 11 is 0. The second kappa shape index (κ2) is 11.9. The van der Waals surface area contributed by atoms with Gasteiger partial charge in [0.25, 0.3) is 0 Å². The lowest BCUT2D eigenvalue weighted by molar-refractivity contribution is -0.142. The number of piperidine rings is 1. The molecule has 0 bridgehead atoms. The Morgan fingerprint density at radius 3 is 2.36 bits per heavy atom. The molecule has 2 aliphatic heterocycles. The number of nitrogens with zero attached hydrogens (tertiary/aromatic N) is 2. The van der Waals surface area contributed by atoms with Gasteiger partial charge in [-0.15, -0.1) is 0 Å². The molecule has 3 aromatic rings. The zero-order chi connectivity index (χ0) is 27.4. The fourth-order valence-corrected chi connectivity index (χ4v) is 5.53. The van der Waals surface area contributed by atoms with Crippen LogP contribution in [0, 0.1) is 11.8 Å². The number of fused-ring (bicyclic) bond motifs is 1. The predicted octanol–water partition coefficient (Wildman–Crippen LogP) is 5.46. The van der Waals surface area contributed by atoms with E-state index in [1.165, 1.54) is 10.3 Å². The highest BCUT2D eigenvalue weighted by atomic mass is 16.6. The molecule has 0 saturated carbocycles. The van der Waals surface area contributed by atoms with Gasteiger partial charge >= 0.3 is 6.09 Å². The fraction of sp³-hybridized carbons (Fsp3) is 0.406. The van der Waals surface area contributed by atoms with Crippen LogP contribution in [0.15, 0.2) is 72.8 Å². The molecule has 7 heteroatoms. The number of hydrogen-bond donors (Lipinski definition) is 0. The zero-order valence-electron chi connectivity index (χ0n) is 22.6. The van der Waals surface area contributed by atoms with Crippen LogP contribution < -0.4 is 4.74 Å². The molecule has 2 atom stereocenters. The minimum atomic E-state index is -0.620. The van der Waals surface area contributed by atoms with Crippen LogP contribution in [-0.4, -0.2) is 59.5 Å². The molecule has 3 amide bonds. The van der Waals surface area contributed by atoms with E-state index in [1.807, 2.05) is 67.3 Å². The van der Waals surface area contributed by atoms with Gasteiger partial charge in [0.15, 0.2) is 0 Å². The number of hydrogen-bond acceptors (Lipinski definition) is 5. The number of carbonyl (C=O) groups excluding carboxylic acids is 3. The Bertz CT molecular complexity index is 1320. The Balaban J connectivity index is 1.17. The minimum Gasteiger partial charge on any atom is -0.490 e. The molecule has 5 rings (SSSR count). The number of imide groups is 1. The summed E-state index contributed by atoms with van der Waals surface area (Å²) in [6, 6.07) is 23.7. The van der Waals surface area contributed by atoms with Crippen molar-refractivity contribution in [2.24, 2.45) is 11.8 Å². The van der Waals surface area contributed by atoms with Gasteiger partial charge in [0.1, 0.15) is 18.5 Å². The molecule has 2 heterocycles. The predicted molar refractivity (Wildman–Crippen MR) is 149 cm³/mol. The number of rotatable bonds is 8. The van der Waals surface area contributed by atoms with E-state index in [1.54, 1.807) is 0 Å². The summed E-state index contributed by atoms with van der Waals surface area (Å²) in [7, 11) is 0. The van der Waals surface area contributed by atoms with E-state index in [-0.39, 0.29) is 42.9 Å². The molecule has 204 valence electrons. The van der Waals surface area contributed by atoms with Gasteiger partial charge < -0.3 is 14.4 Å². The third-order valence-corrected chi connectivity index (χ3v) is 7.85. The Hall–Kier alpha value is -3.87. The summed E-state index contributed by atoms with van der Waals surface area (Å²) in [5.74, 6) is -0.227. The number of carbonyl (C=O) groups is 3. The van der Waals surface area contributed by atoms with Crippen molar-refractivity contribution in [3.05, 3.63) is 78.4 Å². The first kappa shape index (κ1) is 26.7. The molecule has 0 unspecified atom stereocenters. The molecule has 39 heavy (non-hydrogen) atoms. The van der Waals surface area contributed by atoms with Crippen LogP contribution in [-0.2, 0) is 20.7 Å². The first-order valence-electron chi connectivity index (χ1n) is 13.9. The van der Waals surface area contributed by atoms with Crippen LogP contribution >= 0.6 is 0 Å². The lowest BCUT2D eigenvalue weighted by atomic mass is 9.89. The maximum Gasteiger partial charge on any atom is 0.416 e. The highest BCUT2D eigenvalue weighted by molar-refractivity contribution is 5.96. The molecule has 2 aliphatic rings. The number of benzene rings is 3. The second-order valence-corrected chi connectivity index (χ2v) is 10.9. The van der Waals surface area contributed by atoms with Gasteiger partial charge in [0, 0.05) is 38.3 Å². The van der Waals surface area contributed by atoms with Crippen molar-refractivity contribution in [1.29, 1.82) is 0 Å². The summed E-state index contributed by atoms with van der Waals surface area (Å²) in [5.41, 5.74) is 1.03. The van der Waals surface area contributed by atoms with Gasteiger partial charge in [0.05, 0.1) is 6.04 Å². The number of amides is 3. The summed E-state index contributed by atoms with van der Waals surface area (Å²) in [5, 5.41) is 2.31. The Morgan fingerprint density at radius 1 is 0.949 bits per heavy atom. The molecule has 2 saturated heterocycles. The molecule has 0 N–H and O–H groups in total. The normalized spacial score (nSPS) is 18.8. The highest BCUT2D eigenvalue weighted by Gasteiger charge is 2.42. The van der Waals surface area contributed by atoms with Crippen LogP contribution in [0.3, 0.4) is 0 Å². The topological polar surface area (TPSA) is 76.2 Å². The van der Waals surface area contributed by atoms with E-state index in [9.17, 15) is 14.4 Å². The Kier molecular flexibility index (Phi) is 8.15. The van der Waals surface area contributed by atoms with Gasteiger partial charge in [-0.05, 0) is 40.8 Å². The molecule has 7 nitrogen and oxygen atoms in total. The van der Waals surface area contributed by atoms with Gasteiger partial charge in [-0.25, -0.2) is 9.69 Å². The largest absolute Gasteiger partial charge is 0.490 e. The minimum absolute atomic E-state index is 0.0378. The molecule has 2 fully saturated rings. The smallest absolute Gasteiger partial charge is 0.416 e. The maximum absolute atomic E-state index is 13.6. The first-order chi connectivity index (χ1) is 18.9. The van der Waals surface area contributed by atoms with E-state index < -0.39 is 12.0 Å². The number of cyclic esters (lactones) is 1. The lowest BCUT2D eigenvalue weighted by Gasteiger charge is -2.34. The average molecular weight is 529 g/mol. The van der Waals surface area contributed by atoms with Crippen molar-refractivity contribution in [2.75, 3.05) is 19.7 Å². The van der Waals surface area contributed by atoms with Crippen molar-refractivity contribution >= 4 is 28.7 Å². The SMILES string of the molecule is CC(C)[C@H](CC(=O)N1CCC(Oc2ccc3ccccc3c2)CC1)C(=O)N1C(=O)OC[C@H]1Cc1ccccc1. The maximum atomic E-state index is 13.6. The average Bonchev–Trinajstić information content (AvgIpc) is 3.31. The van der Waals surface area contributed by atoms with E-state index in [0.29, 0.717) is 19.5 Å². The van der Waals surface area contributed by atoms with Crippen molar-refractivity contribution in [1.82, 2.24) is 9.80 Å². The standard InChI is InChI=1S/C32H36N2O5/c1-22(2)29(31(36)34-26(21-38-32(34)37)18-23-8-4-3-5-9-23)20-30(35)33-16-14-27(15-17-33)39-28-13-12-24-10-6-7-11-25(24)19-28/h3-13,19,22,26-27,29H,14-18,20-21H2,1-2H3/t26-,29+/m1/s1. The van der Waals surface area contributed by atoms with Crippen LogP contribution in [0.4, 0.5) is 4.79 Å². The Labute approximate surface area is 229 Å². The van der Waals surface area contributed by atoms with E-state index >= 15 is 0 Å². The van der Waals surface area contributed by atoms with Gasteiger partial charge in [0.2, 0.25) is 11.8 Å². The van der Waals surface area contributed by atoms with Crippen molar-refractivity contribution in [3.8, 4) is 5.75 Å². The van der Waals surface area contributed by atoms with Crippen molar-refractivity contribution in [2.45, 2.75) is 51.7 Å². The van der Waals surface area contributed by atoms with Gasteiger partial charge in [-0.2, -0.15) is 0 Å². The summed E-state index contributed by atoms with van der Waals surface area (Å²) in [6.45, 7) is 5.18. The molecule has 0 spiro atoms. The van der Waals surface area contributed by atoms with E-state index in [4.69, 9.17) is 9.47 Å². The van der Waals surface area contributed by atoms with Crippen LogP contribution in [0.25, 0.3) is 10.8 Å². The fourth-order valence-electron chi connectivity index (χ4n) is 5.53. The van der Waals surface area contributed by atoms with E-state index in [0.717, 1.165) is 29.5 Å². The summed E-state index contributed by atoms with van der Waals surface area (Å²) in [4.78, 5) is 42.5. The van der Waals surface area contributed by atoms with Crippen molar-refractivity contribution in [3.63, 3.8) is 0 Å². The van der Waals surface area contributed by atoms with Crippen molar-refractivity contribution < 1.29 is 23.9 Å². The van der Waals surface area contributed by atoms with Crippen LogP contribution in [0.1, 0.15) is 38.7 Å². The second-order valence-electron chi connectivity index (χ2n) is 10.9. The summed E-state index contributed by atoms with van der Waals surface area (Å²) in [6.07, 6.45) is 1.49. The van der Waals surface area contributed by atoms with Crippen LogP contribution in [0.2, 0.25) is 0 Å². The number of ether oxygens (including phenoxy) is 2. The third kappa shape index (κ3) is 6.24. The molecule has 0 aliphatic carbocycles. The molecular weight excluding hydrogens is 492 g/mol.